The van der Waals surface area contributed by atoms with E-state index in [0.29, 0.717) is 10.9 Å². The van der Waals surface area contributed by atoms with Crippen LogP contribution in [0.1, 0.15) is 27.7 Å². The summed E-state index contributed by atoms with van der Waals surface area (Å²) in [6.07, 6.45) is 0. The van der Waals surface area contributed by atoms with Gasteiger partial charge in [0.25, 0.3) is 0 Å². The Hall–Kier alpha value is -0.190. The molecule has 16 heavy (non-hydrogen) atoms. The highest BCUT2D eigenvalue weighted by molar-refractivity contribution is 7.80. The summed E-state index contributed by atoms with van der Waals surface area (Å²) in [4.78, 5) is 5.48. The molecule has 0 aromatic rings. The minimum Gasteiger partial charge on any atom is -0.393 e. The van der Waals surface area contributed by atoms with Crippen molar-refractivity contribution in [1.29, 1.82) is 0 Å². The molecule has 0 spiro atoms. The zero-order valence-electron chi connectivity index (χ0n) is 11.2. The van der Waals surface area contributed by atoms with Crippen LogP contribution in [-0.4, -0.2) is 54.1 Å². The van der Waals surface area contributed by atoms with Gasteiger partial charge in [0, 0.05) is 25.6 Å². The van der Waals surface area contributed by atoms with Crippen molar-refractivity contribution < 1.29 is 0 Å². The van der Waals surface area contributed by atoms with Crippen LogP contribution in [0.15, 0.2) is 0 Å². The Morgan fingerprint density at radius 3 is 1.88 bits per heavy atom. The van der Waals surface area contributed by atoms with Gasteiger partial charge in [0.2, 0.25) is 0 Å². The molecule has 1 unspecified atom stereocenters. The van der Waals surface area contributed by atoms with Crippen LogP contribution in [-0.2, 0) is 0 Å². The van der Waals surface area contributed by atoms with E-state index in [1.54, 1.807) is 0 Å². The molecule has 0 fully saturated rings. The van der Waals surface area contributed by atoms with Crippen LogP contribution in [0.25, 0.3) is 0 Å². The molecule has 0 aliphatic rings. The largest absolute Gasteiger partial charge is 0.393 e. The quantitative estimate of drug-likeness (QED) is 0.625. The van der Waals surface area contributed by atoms with Crippen molar-refractivity contribution in [1.82, 2.24) is 9.80 Å². The first-order chi connectivity index (χ1) is 7.54. The van der Waals surface area contributed by atoms with Crippen molar-refractivity contribution in [3.8, 4) is 0 Å². The number of hydrogen-bond acceptors (Lipinski definition) is 3. The molecule has 0 radical (unpaired) electrons. The molecule has 0 rings (SSSR count). The summed E-state index contributed by atoms with van der Waals surface area (Å²) < 4.78 is 0. The lowest BCUT2D eigenvalue weighted by molar-refractivity contribution is 0.213. The lowest BCUT2D eigenvalue weighted by atomic mass is 10.1. The second-order valence-corrected chi connectivity index (χ2v) is 4.69. The topological polar surface area (TPSA) is 32.5 Å². The smallest absolute Gasteiger partial charge is 0.0768 e. The van der Waals surface area contributed by atoms with Gasteiger partial charge in [-0.15, -0.1) is 0 Å². The molecule has 0 aromatic carbocycles. The fourth-order valence-corrected chi connectivity index (χ4v) is 1.75. The average Bonchev–Trinajstić information content (AvgIpc) is 2.28. The van der Waals surface area contributed by atoms with Gasteiger partial charge in [-0.1, -0.05) is 39.9 Å². The summed E-state index contributed by atoms with van der Waals surface area (Å²) in [6, 6.07) is 0. The van der Waals surface area contributed by atoms with Crippen molar-refractivity contribution >= 4 is 17.2 Å². The van der Waals surface area contributed by atoms with E-state index in [1.165, 1.54) is 0 Å². The normalized spacial score (nSPS) is 13.4. The Labute approximate surface area is 106 Å². The van der Waals surface area contributed by atoms with Crippen LogP contribution in [0.3, 0.4) is 0 Å². The monoisotopic (exact) mass is 245 g/mol. The predicted octanol–water partition coefficient (Wildman–Crippen LogP) is 1.57. The molecule has 2 N–H and O–H groups in total. The molecule has 0 saturated heterocycles. The Morgan fingerprint density at radius 1 is 1.06 bits per heavy atom. The number of nitrogens with two attached hydrogens (primary N) is 1. The van der Waals surface area contributed by atoms with Gasteiger partial charge < -0.3 is 15.5 Å². The number of nitrogens with zero attached hydrogens (tertiary/aromatic N) is 2. The molecule has 0 aliphatic heterocycles. The zero-order chi connectivity index (χ0) is 12.6. The average molecular weight is 245 g/mol. The van der Waals surface area contributed by atoms with Crippen molar-refractivity contribution in [3.63, 3.8) is 0 Å². The van der Waals surface area contributed by atoms with Crippen LogP contribution in [0.4, 0.5) is 0 Å². The molecule has 3 nitrogen and oxygen atoms in total. The van der Waals surface area contributed by atoms with E-state index in [1.807, 2.05) is 0 Å². The summed E-state index contributed by atoms with van der Waals surface area (Å²) in [6.45, 7) is 15.2. The minimum atomic E-state index is 0.312. The molecular weight excluding hydrogens is 218 g/mol. The Bertz CT molecular complexity index is 193. The van der Waals surface area contributed by atoms with Gasteiger partial charge in [-0.05, 0) is 19.6 Å². The number of likely N-dealkylation sites (N-methyl/N-ethyl adjacent to an activating group) is 2. The standard InChI is InChI=1S/C12H27N3S/c1-5-14(6-2)8-9-15(7-3)10-11(4)12(13)16/h11H,5-10H2,1-4H3,(H2,13,16). The van der Waals surface area contributed by atoms with E-state index in [2.05, 4.69) is 37.5 Å². The van der Waals surface area contributed by atoms with Gasteiger partial charge in [0.1, 0.15) is 0 Å². The molecule has 1 atom stereocenters. The molecule has 0 aliphatic carbocycles. The van der Waals surface area contributed by atoms with Gasteiger partial charge in [-0.2, -0.15) is 0 Å². The van der Waals surface area contributed by atoms with Crippen LogP contribution in [0, 0.1) is 5.92 Å². The van der Waals surface area contributed by atoms with E-state index in [0.717, 1.165) is 39.3 Å². The second-order valence-electron chi connectivity index (χ2n) is 4.22. The van der Waals surface area contributed by atoms with Crippen LogP contribution in [0.5, 0.6) is 0 Å². The van der Waals surface area contributed by atoms with Crippen molar-refractivity contribution in [2.75, 3.05) is 39.3 Å². The van der Waals surface area contributed by atoms with Crippen molar-refractivity contribution in [2.45, 2.75) is 27.7 Å². The first kappa shape index (κ1) is 15.8. The molecule has 0 amide bonds. The number of thiocarbonyl (C=S) groups is 1. The molecule has 0 heterocycles. The fraction of sp³-hybridized carbons (Fsp3) is 0.917. The molecule has 96 valence electrons. The lowest BCUT2D eigenvalue weighted by Crippen LogP contribution is -2.39. The minimum absolute atomic E-state index is 0.312. The van der Waals surface area contributed by atoms with Crippen LogP contribution >= 0.6 is 12.2 Å². The molecule has 0 bridgehead atoms. The molecular formula is C12H27N3S. The van der Waals surface area contributed by atoms with Gasteiger partial charge in [-0.3, -0.25) is 0 Å². The van der Waals surface area contributed by atoms with Gasteiger partial charge in [-0.25, -0.2) is 0 Å². The maximum atomic E-state index is 5.64. The number of rotatable bonds is 9. The lowest BCUT2D eigenvalue weighted by Gasteiger charge is -2.27. The summed E-state index contributed by atoms with van der Waals surface area (Å²) in [5, 5.41) is 0. The first-order valence-electron chi connectivity index (χ1n) is 6.29. The summed E-state index contributed by atoms with van der Waals surface area (Å²) in [7, 11) is 0. The second kappa shape index (κ2) is 8.90. The van der Waals surface area contributed by atoms with Crippen LogP contribution < -0.4 is 5.73 Å². The Morgan fingerprint density at radius 2 is 1.50 bits per heavy atom. The van der Waals surface area contributed by atoms with Gasteiger partial charge in [0.15, 0.2) is 0 Å². The molecule has 0 saturated carbocycles. The van der Waals surface area contributed by atoms with E-state index in [-0.39, 0.29) is 0 Å². The highest BCUT2D eigenvalue weighted by atomic mass is 32.1. The third-order valence-corrected chi connectivity index (χ3v) is 3.49. The Kier molecular flexibility index (Phi) is 8.80. The summed E-state index contributed by atoms with van der Waals surface area (Å²) in [5.41, 5.74) is 5.64. The van der Waals surface area contributed by atoms with Crippen molar-refractivity contribution in [2.24, 2.45) is 11.7 Å². The van der Waals surface area contributed by atoms with E-state index in [4.69, 9.17) is 18.0 Å². The fourth-order valence-electron chi connectivity index (χ4n) is 1.68. The third-order valence-electron chi connectivity index (χ3n) is 3.09. The molecule has 0 aromatic heterocycles. The highest BCUT2D eigenvalue weighted by Gasteiger charge is 2.11. The van der Waals surface area contributed by atoms with Gasteiger partial charge in [0.05, 0.1) is 4.99 Å². The number of hydrogen-bond donors (Lipinski definition) is 1. The maximum Gasteiger partial charge on any atom is 0.0768 e. The van der Waals surface area contributed by atoms with E-state index in [9.17, 15) is 0 Å². The Balaban J connectivity index is 3.95. The summed E-state index contributed by atoms with van der Waals surface area (Å²) in [5.74, 6) is 0.312. The SMILES string of the molecule is CCN(CC)CCN(CC)CC(C)C(N)=S. The highest BCUT2D eigenvalue weighted by Crippen LogP contribution is 2.01. The van der Waals surface area contributed by atoms with Gasteiger partial charge >= 0.3 is 0 Å². The van der Waals surface area contributed by atoms with Crippen LogP contribution in [0.2, 0.25) is 0 Å². The predicted molar refractivity (Wildman–Crippen MR) is 75.9 cm³/mol. The van der Waals surface area contributed by atoms with Crippen molar-refractivity contribution in [3.05, 3.63) is 0 Å². The van der Waals surface area contributed by atoms with E-state index < -0.39 is 0 Å². The summed E-state index contributed by atoms with van der Waals surface area (Å²) >= 11 is 5.01. The zero-order valence-corrected chi connectivity index (χ0v) is 12.0. The van der Waals surface area contributed by atoms with E-state index >= 15 is 0 Å². The maximum absolute atomic E-state index is 5.64. The molecule has 4 heteroatoms. The first-order valence-corrected chi connectivity index (χ1v) is 6.69. The third kappa shape index (κ3) is 6.40.